The number of anilines is 1. The molecular weight excluding hydrogens is 493 g/mol. The summed E-state index contributed by atoms with van der Waals surface area (Å²) in [6.45, 7) is 7.52. The number of amides is 2. The average molecular weight is 522 g/mol. The van der Waals surface area contributed by atoms with E-state index in [2.05, 4.69) is 27.2 Å². The molecule has 1 N–H and O–H groups in total. The Morgan fingerprint density at radius 3 is 2.62 bits per heavy atom. The van der Waals surface area contributed by atoms with Crippen LogP contribution in [0.1, 0.15) is 53.9 Å². The number of halogens is 2. The zero-order valence-electron chi connectivity index (χ0n) is 21.1. The standard InChI is InChI=1S/C28H29ClFN5O2/c1-18(2)28(37)34-12-4-5-22(16-34)17-35-25(24(29)15-32-35)27(36)33-26-19(3)13-21(14-31-26)7-6-20-8-10-23(30)11-9-20/h8-11,13-15,18,22H,4-5,12,16-17H2,1-3H3,(H,31,33,36)/t22-/m0/s1. The fraction of sp³-hybridized carbons (Fsp3) is 0.357. The molecule has 1 atom stereocenters. The van der Waals surface area contributed by atoms with Crippen LogP contribution < -0.4 is 5.32 Å². The van der Waals surface area contributed by atoms with Crippen LogP contribution in [0.3, 0.4) is 0 Å². The minimum Gasteiger partial charge on any atom is -0.342 e. The van der Waals surface area contributed by atoms with Crippen molar-refractivity contribution in [2.45, 2.75) is 40.2 Å². The summed E-state index contributed by atoms with van der Waals surface area (Å²) in [6, 6.07) is 7.75. The highest BCUT2D eigenvalue weighted by Gasteiger charge is 2.27. The molecule has 192 valence electrons. The molecule has 37 heavy (non-hydrogen) atoms. The summed E-state index contributed by atoms with van der Waals surface area (Å²) in [5.74, 6) is 5.92. The quantitative estimate of drug-likeness (QED) is 0.483. The first kappa shape index (κ1) is 26.4. The highest BCUT2D eigenvalue weighted by Crippen LogP contribution is 2.24. The van der Waals surface area contributed by atoms with Gasteiger partial charge in [0, 0.05) is 42.9 Å². The van der Waals surface area contributed by atoms with Gasteiger partial charge in [0.15, 0.2) is 0 Å². The first-order chi connectivity index (χ1) is 17.7. The number of pyridine rings is 1. The molecule has 7 nitrogen and oxygen atoms in total. The normalized spacial score (nSPS) is 15.3. The van der Waals surface area contributed by atoms with Crippen molar-refractivity contribution in [3.05, 3.63) is 75.9 Å². The van der Waals surface area contributed by atoms with Crippen LogP contribution in [0.15, 0.2) is 42.7 Å². The summed E-state index contributed by atoms with van der Waals surface area (Å²) >= 11 is 6.35. The van der Waals surface area contributed by atoms with E-state index in [1.54, 1.807) is 23.0 Å². The summed E-state index contributed by atoms with van der Waals surface area (Å²) in [7, 11) is 0. The lowest BCUT2D eigenvalue weighted by Crippen LogP contribution is -2.43. The van der Waals surface area contributed by atoms with E-state index in [1.165, 1.54) is 18.3 Å². The molecule has 0 saturated carbocycles. The van der Waals surface area contributed by atoms with Crippen molar-refractivity contribution >= 4 is 29.2 Å². The summed E-state index contributed by atoms with van der Waals surface area (Å²) in [4.78, 5) is 31.9. The summed E-state index contributed by atoms with van der Waals surface area (Å²) in [5, 5.41) is 7.41. The molecule has 3 aromatic rings. The molecule has 0 unspecified atom stereocenters. The number of aryl methyl sites for hydroxylation is 1. The molecule has 1 saturated heterocycles. The molecule has 0 bridgehead atoms. The van der Waals surface area contributed by atoms with Gasteiger partial charge in [-0.25, -0.2) is 9.37 Å². The van der Waals surface area contributed by atoms with Gasteiger partial charge in [-0.2, -0.15) is 5.10 Å². The zero-order valence-corrected chi connectivity index (χ0v) is 21.8. The van der Waals surface area contributed by atoms with Crippen LogP contribution in [0.4, 0.5) is 10.2 Å². The molecule has 2 aromatic heterocycles. The molecule has 0 spiro atoms. The van der Waals surface area contributed by atoms with E-state index in [4.69, 9.17) is 11.6 Å². The first-order valence-corrected chi connectivity index (χ1v) is 12.6. The number of carbonyl (C=O) groups excluding carboxylic acids is 2. The van der Waals surface area contributed by atoms with Crippen molar-refractivity contribution in [2.75, 3.05) is 18.4 Å². The van der Waals surface area contributed by atoms with Crippen molar-refractivity contribution in [3.8, 4) is 11.8 Å². The number of hydrogen-bond donors (Lipinski definition) is 1. The zero-order chi connectivity index (χ0) is 26.5. The minimum absolute atomic E-state index is 0.0461. The van der Waals surface area contributed by atoms with E-state index in [0.717, 1.165) is 24.9 Å². The minimum atomic E-state index is -0.408. The van der Waals surface area contributed by atoms with E-state index in [-0.39, 0.29) is 34.3 Å². The number of carbonyl (C=O) groups is 2. The number of rotatable bonds is 5. The SMILES string of the molecule is Cc1cc(C#Cc2ccc(F)cc2)cnc1NC(=O)c1c(Cl)cnn1C[C@H]1CCCN(C(=O)C(C)C)C1. The van der Waals surface area contributed by atoms with Crippen LogP contribution in [0, 0.1) is 36.4 Å². The summed E-state index contributed by atoms with van der Waals surface area (Å²) < 4.78 is 14.7. The second-order valence-electron chi connectivity index (χ2n) is 9.57. The third kappa shape index (κ3) is 6.55. The predicted molar refractivity (Wildman–Crippen MR) is 141 cm³/mol. The molecule has 4 rings (SSSR count). The molecule has 1 aromatic carbocycles. The third-order valence-corrected chi connectivity index (χ3v) is 6.55. The highest BCUT2D eigenvalue weighted by atomic mass is 35.5. The largest absolute Gasteiger partial charge is 0.342 e. The van der Waals surface area contributed by atoms with Crippen molar-refractivity contribution in [3.63, 3.8) is 0 Å². The maximum Gasteiger partial charge on any atom is 0.276 e. The molecule has 9 heteroatoms. The number of likely N-dealkylation sites (tertiary alicyclic amines) is 1. The van der Waals surface area contributed by atoms with Crippen molar-refractivity contribution in [1.29, 1.82) is 0 Å². The molecule has 3 heterocycles. The Morgan fingerprint density at radius 2 is 1.92 bits per heavy atom. The van der Waals surface area contributed by atoms with Crippen LogP contribution in [-0.4, -0.2) is 44.6 Å². The van der Waals surface area contributed by atoms with Gasteiger partial charge in [0.2, 0.25) is 5.91 Å². The lowest BCUT2D eigenvalue weighted by molar-refractivity contribution is -0.136. The predicted octanol–water partition coefficient (Wildman–Crippen LogP) is 4.93. The summed E-state index contributed by atoms with van der Waals surface area (Å²) in [5.41, 5.74) is 2.35. The Kier molecular flexibility index (Phi) is 8.24. The second kappa shape index (κ2) is 11.6. The number of nitrogens with zero attached hydrogens (tertiary/aromatic N) is 4. The number of aromatic nitrogens is 3. The Morgan fingerprint density at radius 1 is 1.19 bits per heavy atom. The van der Waals surface area contributed by atoms with E-state index in [9.17, 15) is 14.0 Å². The van der Waals surface area contributed by atoms with Gasteiger partial charge in [0.05, 0.1) is 11.2 Å². The maximum atomic E-state index is 13.2. The molecule has 2 amide bonds. The molecule has 1 aliphatic rings. The van der Waals surface area contributed by atoms with Crippen LogP contribution in [0.2, 0.25) is 5.02 Å². The summed E-state index contributed by atoms with van der Waals surface area (Å²) in [6.07, 6.45) is 4.89. The van der Waals surface area contributed by atoms with E-state index in [0.29, 0.717) is 30.0 Å². The van der Waals surface area contributed by atoms with Gasteiger partial charge in [0.25, 0.3) is 5.91 Å². The number of piperidine rings is 1. The molecule has 0 aliphatic carbocycles. The van der Waals surface area contributed by atoms with E-state index < -0.39 is 5.91 Å². The average Bonchev–Trinajstić information content (AvgIpc) is 3.24. The maximum absolute atomic E-state index is 13.2. The Labute approximate surface area is 221 Å². The number of hydrogen-bond acceptors (Lipinski definition) is 4. The van der Waals surface area contributed by atoms with Gasteiger partial charge in [-0.1, -0.05) is 37.3 Å². The van der Waals surface area contributed by atoms with Crippen LogP contribution >= 0.6 is 11.6 Å². The lowest BCUT2D eigenvalue weighted by atomic mass is 9.97. The number of nitrogens with one attached hydrogen (secondary N) is 1. The fourth-order valence-corrected chi connectivity index (χ4v) is 4.60. The van der Waals surface area contributed by atoms with Gasteiger partial charge in [0.1, 0.15) is 17.3 Å². The van der Waals surface area contributed by atoms with E-state index in [1.807, 2.05) is 31.7 Å². The third-order valence-electron chi connectivity index (χ3n) is 6.27. The van der Waals surface area contributed by atoms with Gasteiger partial charge < -0.3 is 10.2 Å². The monoisotopic (exact) mass is 521 g/mol. The molecule has 1 fully saturated rings. The van der Waals surface area contributed by atoms with E-state index >= 15 is 0 Å². The van der Waals surface area contributed by atoms with Crippen LogP contribution in [-0.2, 0) is 11.3 Å². The lowest BCUT2D eigenvalue weighted by Gasteiger charge is -2.34. The molecule has 0 radical (unpaired) electrons. The van der Waals surface area contributed by atoms with Gasteiger partial charge in [-0.05, 0) is 61.6 Å². The van der Waals surface area contributed by atoms with Crippen molar-refractivity contribution < 1.29 is 14.0 Å². The smallest absolute Gasteiger partial charge is 0.276 e. The van der Waals surface area contributed by atoms with Gasteiger partial charge in [-0.3, -0.25) is 14.3 Å². The Hall–Kier alpha value is -3.70. The first-order valence-electron chi connectivity index (χ1n) is 12.3. The van der Waals surface area contributed by atoms with Gasteiger partial charge in [-0.15, -0.1) is 0 Å². The van der Waals surface area contributed by atoms with Crippen molar-refractivity contribution in [1.82, 2.24) is 19.7 Å². The molecule has 1 aliphatic heterocycles. The highest BCUT2D eigenvalue weighted by molar-refractivity contribution is 6.34. The van der Waals surface area contributed by atoms with Gasteiger partial charge >= 0.3 is 0 Å². The van der Waals surface area contributed by atoms with Crippen LogP contribution in [0.25, 0.3) is 0 Å². The topological polar surface area (TPSA) is 80.1 Å². The molecular formula is C28H29ClFN5O2. The fourth-order valence-electron chi connectivity index (χ4n) is 4.37. The number of benzene rings is 1. The Balaban J connectivity index is 1.45. The Bertz CT molecular complexity index is 1360. The van der Waals surface area contributed by atoms with Crippen molar-refractivity contribution in [2.24, 2.45) is 11.8 Å². The second-order valence-corrected chi connectivity index (χ2v) is 9.98. The van der Waals surface area contributed by atoms with Crippen LogP contribution in [0.5, 0.6) is 0 Å².